The number of ether oxygens (including phenoxy) is 1. The molecule has 5 nitrogen and oxygen atoms in total. The number of nitrogens with two attached hydrogens (primary N) is 1. The summed E-state index contributed by atoms with van der Waals surface area (Å²) in [6, 6.07) is 5.46. The predicted molar refractivity (Wildman–Crippen MR) is 75.2 cm³/mol. The molecule has 0 fully saturated rings. The van der Waals surface area contributed by atoms with Crippen molar-refractivity contribution in [3.63, 3.8) is 0 Å². The van der Waals surface area contributed by atoms with Gasteiger partial charge >= 0.3 is 0 Å². The Morgan fingerprint density at radius 2 is 2.05 bits per heavy atom. The molecule has 102 valence electrons. The molecular weight excluding hydrogens is 287 g/mol. The van der Waals surface area contributed by atoms with Crippen molar-refractivity contribution in [2.75, 3.05) is 13.7 Å². The van der Waals surface area contributed by atoms with Crippen LogP contribution in [0.25, 0.3) is 5.69 Å². The van der Waals surface area contributed by atoms with E-state index in [1.54, 1.807) is 19.2 Å². The molecule has 19 heavy (non-hydrogen) atoms. The van der Waals surface area contributed by atoms with Crippen molar-refractivity contribution in [2.24, 2.45) is 5.73 Å². The summed E-state index contributed by atoms with van der Waals surface area (Å²) in [4.78, 5) is 0. The van der Waals surface area contributed by atoms with Crippen molar-refractivity contribution >= 4 is 23.2 Å². The van der Waals surface area contributed by atoms with E-state index in [4.69, 9.17) is 33.7 Å². The lowest BCUT2D eigenvalue weighted by Crippen LogP contribution is -2.10. The molecule has 0 amide bonds. The SMILES string of the molecule is COc1ccc(-n2c(CCl)nnc2CCN)cc1Cl. The zero-order valence-corrected chi connectivity index (χ0v) is 11.9. The summed E-state index contributed by atoms with van der Waals surface area (Å²) in [5.41, 5.74) is 6.42. The Labute approximate surface area is 121 Å². The molecule has 1 aromatic carbocycles. The maximum Gasteiger partial charge on any atom is 0.152 e. The first kappa shape index (κ1) is 14.1. The number of aromatic nitrogens is 3. The number of alkyl halides is 1. The van der Waals surface area contributed by atoms with Gasteiger partial charge in [-0.15, -0.1) is 21.8 Å². The van der Waals surface area contributed by atoms with Gasteiger partial charge in [-0.1, -0.05) is 11.6 Å². The van der Waals surface area contributed by atoms with Crippen molar-refractivity contribution in [1.29, 1.82) is 0 Å². The van der Waals surface area contributed by atoms with E-state index in [9.17, 15) is 0 Å². The summed E-state index contributed by atoms with van der Waals surface area (Å²) in [5, 5.41) is 8.67. The average molecular weight is 301 g/mol. The van der Waals surface area contributed by atoms with Gasteiger partial charge in [0.1, 0.15) is 11.6 Å². The second-order valence-corrected chi connectivity index (χ2v) is 4.53. The number of benzene rings is 1. The number of halogens is 2. The molecule has 2 aromatic rings. The molecule has 2 rings (SSSR count). The fourth-order valence-electron chi connectivity index (χ4n) is 1.82. The predicted octanol–water partition coefficient (Wildman–Crippen LogP) is 2.17. The third-order valence-corrected chi connectivity index (χ3v) is 3.21. The summed E-state index contributed by atoms with van der Waals surface area (Å²) >= 11 is 12.0. The van der Waals surface area contributed by atoms with Crippen LogP contribution in [0, 0.1) is 0 Å². The Hall–Kier alpha value is -1.30. The van der Waals surface area contributed by atoms with Gasteiger partial charge in [-0.2, -0.15) is 0 Å². The lowest BCUT2D eigenvalue weighted by Gasteiger charge is -2.11. The molecule has 1 aromatic heterocycles. The molecule has 0 saturated carbocycles. The van der Waals surface area contributed by atoms with Crippen LogP contribution in [0.3, 0.4) is 0 Å². The fourth-order valence-corrected chi connectivity index (χ4v) is 2.25. The first-order chi connectivity index (χ1) is 9.21. The number of nitrogens with zero attached hydrogens (tertiary/aromatic N) is 3. The van der Waals surface area contributed by atoms with E-state index in [2.05, 4.69) is 10.2 Å². The van der Waals surface area contributed by atoms with E-state index >= 15 is 0 Å². The number of rotatable bonds is 5. The molecule has 0 aliphatic heterocycles. The van der Waals surface area contributed by atoms with Gasteiger partial charge in [-0.25, -0.2) is 0 Å². The Morgan fingerprint density at radius 1 is 1.32 bits per heavy atom. The minimum atomic E-state index is 0.265. The molecule has 0 saturated heterocycles. The van der Waals surface area contributed by atoms with Crippen LogP contribution >= 0.6 is 23.2 Å². The van der Waals surface area contributed by atoms with Gasteiger partial charge in [-0.05, 0) is 24.7 Å². The lowest BCUT2D eigenvalue weighted by atomic mass is 10.2. The molecule has 0 atom stereocenters. The van der Waals surface area contributed by atoms with Crippen LogP contribution in [0.1, 0.15) is 11.6 Å². The van der Waals surface area contributed by atoms with Gasteiger partial charge in [0, 0.05) is 6.42 Å². The summed E-state index contributed by atoms with van der Waals surface area (Å²) < 4.78 is 7.00. The molecule has 0 radical (unpaired) electrons. The van der Waals surface area contributed by atoms with Crippen molar-refractivity contribution in [2.45, 2.75) is 12.3 Å². The highest BCUT2D eigenvalue weighted by Crippen LogP contribution is 2.27. The van der Waals surface area contributed by atoms with Gasteiger partial charge in [0.15, 0.2) is 5.82 Å². The zero-order chi connectivity index (χ0) is 13.8. The Bertz CT molecular complexity index is 571. The smallest absolute Gasteiger partial charge is 0.152 e. The van der Waals surface area contributed by atoms with Crippen LogP contribution in [0.5, 0.6) is 5.75 Å². The maximum absolute atomic E-state index is 6.13. The number of hydrogen-bond donors (Lipinski definition) is 1. The average Bonchev–Trinajstić information content (AvgIpc) is 2.82. The van der Waals surface area contributed by atoms with Crippen LogP contribution in [0.15, 0.2) is 18.2 Å². The Morgan fingerprint density at radius 3 is 2.63 bits per heavy atom. The summed E-state index contributed by atoms with van der Waals surface area (Å²) in [6.07, 6.45) is 0.619. The Kier molecular flexibility index (Phi) is 4.63. The number of hydrogen-bond acceptors (Lipinski definition) is 4. The molecule has 0 aliphatic rings. The normalized spacial score (nSPS) is 10.7. The van der Waals surface area contributed by atoms with E-state index < -0.39 is 0 Å². The van der Waals surface area contributed by atoms with E-state index in [0.717, 1.165) is 11.5 Å². The minimum absolute atomic E-state index is 0.265. The van der Waals surface area contributed by atoms with Crippen molar-refractivity contribution < 1.29 is 4.74 Å². The van der Waals surface area contributed by atoms with Gasteiger partial charge < -0.3 is 10.5 Å². The van der Waals surface area contributed by atoms with Gasteiger partial charge in [-0.3, -0.25) is 4.57 Å². The molecule has 0 unspecified atom stereocenters. The first-order valence-corrected chi connectivity index (χ1v) is 6.65. The highest BCUT2D eigenvalue weighted by Gasteiger charge is 2.13. The topological polar surface area (TPSA) is 66.0 Å². The monoisotopic (exact) mass is 300 g/mol. The third kappa shape index (κ3) is 2.83. The van der Waals surface area contributed by atoms with Crippen molar-refractivity contribution in [3.05, 3.63) is 34.9 Å². The van der Waals surface area contributed by atoms with Crippen molar-refractivity contribution in [3.8, 4) is 11.4 Å². The van der Waals surface area contributed by atoms with E-state index in [1.165, 1.54) is 0 Å². The van der Waals surface area contributed by atoms with E-state index in [1.807, 2.05) is 10.6 Å². The standard InChI is InChI=1S/C12H14Cl2N4O/c1-19-10-3-2-8(6-9(10)14)18-11(4-5-15)16-17-12(18)7-13/h2-3,6H,4-5,7,15H2,1H3. The largest absolute Gasteiger partial charge is 0.495 e. The second kappa shape index (κ2) is 6.23. The van der Waals surface area contributed by atoms with Gasteiger partial charge in [0.25, 0.3) is 0 Å². The van der Waals surface area contributed by atoms with Crippen LogP contribution in [-0.4, -0.2) is 28.4 Å². The lowest BCUT2D eigenvalue weighted by molar-refractivity contribution is 0.415. The molecule has 0 bridgehead atoms. The van der Waals surface area contributed by atoms with E-state index in [-0.39, 0.29) is 5.88 Å². The highest BCUT2D eigenvalue weighted by molar-refractivity contribution is 6.32. The first-order valence-electron chi connectivity index (χ1n) is 5.74. The van der Waals surface area contributed by atoms with Crippen LogP contribution in [0.2, 0.25) is 5.02 Å². The highest BCUT2D eigenvalue weighted by atomic mass is 35.5. The summed E-state index contributed by atoms with van der Waals surface area (Å²) in [6.45, 7) is 0.490. The molecule has 0 spiro atoms. The van der Waals surface area contributed by atoms with Crippen molar-refractivity contribution in [1.82, 2.24) is 14.8 Å². The van der Waals surface area contributed by atoms with Crippen LogP contribution < -0.4 is 10.5 Å². The molecule has 1 heterocycles. The van der Waals surface area contributed by atoms with Crippen LogP contribution in [0.4, 0.5) is 0 Å². The Balaban J connectivity index is 2.50. The quantitative estimate of drug-likeness (QED) is 0.860. The van der Waals surface area contributed by atoms with E-state index in [0.29, 0.717) is 29.6 Å². The third-order valence-electron chi connectivity index (χ3n) is 2.68. The summed E-state index contributed by atoms with van der Waals surface area (Å²) in [5.74, 6) is 2.30. The van der Waals surface area contributed by atoms with Gasteiger partial charge in [0.05, 0.1) is 23.7 Å². The van der Waals surface area contributed by atoms with Crippen LogP contribution in [-0.2, 0) is 12.3 Å². The molecule has 2 N–H and O–H groups in total. The fraction of sp³-hybridized carbons (Fsp3) is 0.333. The molecule has 0 aliphatic carbocycles. The molecular formula is C12H14Cl2N4O. The second-order valence-electron chi connectivity index (χ2n) is 3.86. The molecule has 7 heteroatoms. The zero-order valence-electron chi connectivity index (χ0n) is 10.4. The van der Waals surface area contributed by atoms with Gasteiger partial charge in [0.2, 0.25) is 0 Å². The minimum Gasteiger partial charge on any atom is -0.495 e. The number of methoxy groups -OCH3 is 1. The maximum atomic E-state index is 6.13. The summed E-state index contributed by atoms with van der Waals surface area (Å²) in [7, 11) is 1.57.